The normalized spacial score (nSPS) is 8.62. The van der Waals surface area contributed by atoms with Gasteiger partial charge < -0.3 is 62.7 Å². The summed E-state index contributed by atoms with van der Waals surface area (Å²) < 4.78 is -4.59. The second-order valence-electron chi connectivity index (χ2n) is 0.937. The molecule has 0 radical (unpaired) electrons. The van der Waals surface area contributed by atoms with Crippen molar-refractivity contribution in [1.82, 2.24) is 0 Å². The molecule has 0 atom stereocenters. The van der Waals surface area contributed by atoms with Crippen LogP contribution in [0.25, 0.3) is 0 Å². The Morgan fingerprint density at radius 2 is 0.692 bits per heavy atom. The Balaban J connectivity index is -0.0000000245. The number of rotatable bonds is 1. The first kappa shape index (κ1) is 36.7. The summed E-state index contributed by atoms with van der Waals surface area (Å²) in [5.41, 5.74) is 0. The summed E-state index contributed by atoms with van der Waals surface area (Å²) in [6, 6.07) is 0. The first-order valence-corrected chi connectivity index (χ1v) is 11.7. The van der Waals surface area contributed by atoms with Crippen molar-refractivity contribution in [2.45, 2.75) is 0 Å². The Kier molecular flexibility index (Phi) is 47.2. The van der Waals surface area contributed by atoms with Crippen LogP contribution in [0.15, 0.2) is 0 Å². The van der Waals surface area contributed by atoms with Crippen LogP contribution >= 0.6 is 8.26 Å². The standard InChI is InChI=1S/4Na.H2O.H4P2S6/c;;;;;3-1(4,5)2(6,7)8/h;;;;1H2;(H2,3,4,5)(H2,6,7,8)/q4*+1;;/p-4. The Labute approximate surface area is 199 Å². The molecule has 0 fully saturated rings. The minimum atomic E-state index is -2.29. The first-order valence-electron chi connectivity index (χ1n) is 1.30. The van der Waals surface area contributed by atoms with Gasteiger partial charge in [0.1, 0.15) is 0 Å². The molecule has 2 N–H and O–H groups in total. The van der Waals surface area contributed by atoms with Gasteiger partial charge in [-0.05, 0) is 0 Å². The summed E-state index contributed by atoms with van der Waals surface area (Å²) >= 11 is 28.2. The molecule has 0 aliphatic rings. The SMILES string of the molecule is O.S=P([S-])([S-])P(=S)([S-])[S-].[Na+].[Na+].[Na+].[Na+]. The zero-order valence-corrected chi connectivity index (χ0v) is 22.5. The summed E-state index contributed by atoms with van der Waals surface area (Å²) in [5.74, 6) is 0. The minimum absolute atomic E-state index is 0. The topological polar surface area (TPSA) is 31.5 Å². The molecular weight excluding hydrogens is 362 g/mol. The largest absolute Gasteiger partial charge is 1.00 e. The molecule has 13 heteroatoms. The van der Waals surface area contributed by atoms with E-state index in [0.717, 1.165) is 0 Å². The molecule has 0 heterocycles. The Morgan fingerprint density at radius 3 is 0.692 bits per heavy atom. The van der Waals surface area contributed by atoms with Gasteiger partial charge in [-0.1, -0.05) is 0 Å². The van der Waals surface area contributed by atoms with Crippen LogP contribution in [-0.4, -0.2) is 5.48 Å². The molecule has 0 bridgehead atoms. The van der Waals surface area contributed by atoms with E-state index in [-0.39, 0.29) is 124 Å². The van der Waals surface area contributed by atoms with E-state index in [1.165, 1.54) is 0 Å². The van der Waals surface area contributed by atoms with Gasteiger partial charge in [0.05, 0.1) is 0 Å². The molecule has 0 rings (SSSR count). The molecular formula is H2Na4OP2S6. The molecule has 0 aliphatic carbocycles. The fourth-order valence-electron chi connectivity index (χ4n) is 0. The van der Waals surface area contributed by atoms with Gasteiger partial charge in [0.2, 0.25) is 0 Å². The van der Waals surface area contributed by atoms with Crippen LogP contribution in [0.2, 0.25) is 0 Å². The maximum absolute atomic E-state index is 4.70. The summed E-state index contributed by atoms with van der Waals surface area (Å²) in [7, 11) is 0. The zero-order chi connectivity index (χ0) is 7.00. The zero-order valence-electron chi connectivity index (χ0n) is 7.84. The third kappa shape index (κ3) is 21.1. The van der Waals surface area contributed by atoms with Crippen molar-refractivity contribution in [3.8, 4) is 0 Å². The maximum atomic E-state index is 4.70. The second-order valence-corrected chi connectivity index (χ2v) is 25.3. The quantitative estimate of drug-likeness (QED) is 0.261. The van der Waals surface area contributed by atoms with Crippen LogP contribution in [0.1, 0.15) is 0 Å². The molecule has 0 aromatic heterocycles. The molecule has 0 spiro atoms. The maximum Gasteiger partial charge on any atom is 1.00 e. The molecule has 58 valence electrons. The second kappa shape index (κ2) is 16.7. The van der Waals surface area contributed by atoms with Gasteiger partial charge in [0.25, 0.3) is 0 Å². The predicted molar refractivity (Wildman–Crippen MR) is 61.6 cm³/mol. The van der Waals surface area contributed by atoms with Gasteiger partial charge in [-0.25, -0.2) is 0 Å². The van der Waals surface area contributed by atoms with Crippen molar-refractivity contribution in [2.75, 3.05) is 0 Å². The van der Waals surface area contributed by atoms with Crippen molar-refractivity contribution in [3.63, 3.8) is 0 Å². The van der Waals surface area contributed by atoms with Gasteiger partial charge in [-0.3, -0.25) is 0 Å². The Hall–Kier alpha value is 6.66. The smallest absolute Gasteiger partial charge is 0.768 e. The molecule has 0 unspecified atom stereocenters. The average molecular weight is 364 g/mol. The van der Waals surface area contributed by atoms with E-state index in [9.17, 15) is 0 Å². The molecule has 0 amide bonds. The fraction of sp³-hybridized carbons (Fsp3) is 0. The van der Waals surface area contributed by atoms with Crippen LogP contribution < -0.4 is 118 Å². The van der Waals surface area contributed by atoms with Gasteiger partial charge in [-0.15, -0.1) is 23.6 Å². The monoisotopic (exact) mass is 364 g/mol. The van der Waals surface area contributed by atoms with Crippen LogP contribution in [0, 0.1) is 0 Å². The summed E-state index contributed by atoms with van der Waals surface area (Å²) in [4.78, 5) is 0. The Morgan fingerprint density at radius 1 is 0.615 bits per heavy atom. The van der Waals surface area contributed by atoms with E-state index in [1.807, 2.05) is 0 Å². The van der Waals surface area contributed by atoms with Crippen molar-refractivity contribution >= 4 is 80.9 Å². The first-order chi connectivity index (χ1) is 3.25. The van der Waals surface area contributed by atoms with Crippen molar-refractivity contribution in [3.05, 3.63) is 0 Å². The van der Waals surface area contributed by atoms with Crippen LogP contribution in [0.3, 0.4) is 0 Å². The molecule has 0 saturated heterocycles. The average Bonchev–Trinajstić information content (AvgIpc) is 1.25. The van der Waals surface area contributed by atoms with E-state index >= 15 is 0 Å². The summed E-state index contributed by atoms with van der Waals surface area (Å²) in [6.07, 6.45) is 0. The van der Waals surface area contributed by atoms with Crippen molar-refractivity contribution in [2.24, 2.45) is 0 Å². The molecule has 0 aromatic rings. The van der Waals surface area contributed by atoms with E-state index in [4.69, 9.17) is 72.6 Å². The van der Waals surface area contributed by atoms with Crippen LogP contribution in [0.5, 0.6) is 0 Å². The van der Waals surface area contributed by atoms with E-state index in [1.54, 1.807) is 0 Å². The van der Waals surface area contributed by atoms with Crippen molar-refractivity contribution < 1.29 is 124 Å². The third-order valence-corrected chi connectivity index (χ3v) is 24.3. The minimum Gasteiger partial charge on any atom is -0.768 e. The third-order valence-electron chi connectivity index (χ3n) is 0.300. The summed E-state index contributed by atoms with van der Waals surface area (Å²) in [6.45, 7) is 0. The molecule has 13 heavy (non-hydrogen) atoms. The van der Waals surface area contributed by atoms with E-state index in [0.29, 0.717) is 0 Å². The van der Waals surface area contributed by atoms with E-state index in [2.05, 4.69) is 0 Å². The van der Waals surface area contributed by atoms with Crippen LogP contribution in [-0.2, 0) is 72.6 Å². The Bertz CT molecular complexity index is 151. The number of hydrogen-bond donors (Lipinski definition) is 0. The molecule has 0 aliphatic heterocycles. The van der Waals surface area contributed by atoms with Crippen LogP contribution in [0.4, 0.5) is 0 Å². The van der Waals surface area contributed by atoms with Gasteiger partial charge in [0, 0.05) is 0 Å². The van der Waals surface area contributed by atoms with Gasteiger partial charge in [-0.2, -0.15) is 0 Å². The van der Waals surface area contributed by atoms with Gasteiger partial charge in [0.15, 0.2) is 0 Å². The molecule has 0 aromatic carbocycles. The summed E-state index contributed by atoms with van der Waals surface area (Å²) in [5, 5.41) is 0. The molecule has 1 nitrogen and oxygen atoms in total. The number of hydrogen-bond acceptors (Lipinski definition) is 6. The van der Waals surface area contributed by atoms with Gasteiger partial charge >= 0.3 is 118 Å². The van der Waals surface area contributed by atoms with Crippen molar-refractivity contribution in [1.29, 1.82) is 0 Å². The fourth-order valence-corrected chi connectivity index (χ4v) is 0. The van der Waals surface area contributed by atoms with E-state index < -0.39 is 8.26 Å². The predicted octanol–water partition coefficient (Wildman–Crippen LogP) is -11.1. The molecule has 0 saturated carbocycles.